The van der Waals surface area contributed by atoms with Crippen molar-refractivity contribution in [1.82, 2.24) is 0 Å². The SMILES string of the molecule is [Na][C]1=CN=CN=CC1. The molecular formula is C5H5N2Na. The minimum atomic E-state index is 0.992. The van der Waals surface area contributed by atoms with Gasteiger partial charge in [0, 0.05) is 0 Å². The average molecular weight is 116 g/mol. The normalized spacial score (nSPS) is 18.0. The van der Waals surface area contributed by atoms with E-state index in [-0.39, 0.29) is 0 Å². The van der Waals surface area contributed by atoms with Crippen LogP contribution in [0.25, 0.3) is 0 Å². The van der Waals surface area contributed by atoms with E-state index in [0.29, 0.717) is 0 Å². The predicted octanol–water partition coefficient (Wildman–Crippen LogP) is 0.499. The molecular weight excluding hydrogens is 111 g/mol. The second kappa shape index (κ2) is 3.17. The van der Waals surface area contributed by atoms with Crippen LogP contribution in [0.2, 0.25) is 0 Å². The first-order valence-electron chi connectivity index (χ1n) is 2.58. The van der Waals surface area contributed by atoms with Crippen molar-refractivity contribution < 1.29 is 0 Å². The Bertz CT molecular complexity index is 158. The summed E-state index contributed by atoms with van der Waals surface area (Å²) in [5.41, 5.74) is 0. The molecule has 3 heteroatoms. The van der Waals surface area contributed by atoms with Gasteiger partial charge in [-0.15, -0.1) is 0 Å². The first-order valence-corrected chi connectivity index (χ1v) is 3.58. The third-order valence-corrected chi connectivity index (χ3v) is 1.61. The van der Waals surface area contributed by atoms with Crippen LogP contribution in [0.4, 0.5) is 0 Å². The van der Waals surface area contributed by atoms with E-state index < -0.39 is 0 Å². The van der Waals surface area contributed by atoms with Gasteiger partial charge in [0.2, 0.25) is 0 Å². The number of hydrogen-bond acceptors (Lipinski definition) is 2. The summed E-state index contributed by atoms with van der Waals surface area (Å²) in [7, 11) is 0. The topological polar surface area (TPSA) is 24.7 Å². The third kappa shape index (κ3) is 1.90. The molecule has 0 N–H and O–H groups in total. The molecule has 8 heavy (non-hydrogen) atoms. The predicted molar refractivity (Wildman–Crippen MR) is 35.4 cm³/mol. The summed E-state index contributed by atoms with van der Waals surface area (Å²) in [6.45, 7) is 0. The molecule has 1 aliphatic heterocycles. The molecule has 36 valence electrons. The van der Waals surface area contributed by atoms with Gasteiger partial charge in [0.1, 0.15) is 0 Å². The molecule has 0 radical (unpaired) electrons. The molecule has 0 bridgehead atoms. The van der Waals surface area contributed by atoms with E-state index in [4.69, 9.17) is 0 Å². The Kier molecular flexibility index (Phi) is 2.46. The summed E-state index contributed by atoms with van der Waals surface area (Å²) in [6.07, 6.45) is 6.34. The van der Waals surface area contributed by atoms with Crippen LogP contribution < -0.4 is 0 Å². The zero-order valence-corrected chi connectivity index (χ0v) is 6.83. The fraction of sp³-hybridized carbons (Fsp3) is 0.200. The zero-order chi connectivity index (χ0) is 5.82. The van der Waals surface area contributed by atoms with Crippen LogP contribution in [0.5, 0.6) is 0 Å². The van der Waals surface area contributed by atoms with E-state index in [9.17, 15) is 0 Å². The molecule has 1 aliphatic rings. The Hall–Kier alpha value is 0.0800. The van der Waals surface area contributed by atoms with Crippen molar-refractivity contribution in [2.24, 2.45) is 9.98 Å². The van der Waals surface area contributed by atoms with Gasteiger partial charge in [-0.2, -0.15) is 0 Å². The van der Waals surface area contributed by atoms with Gasteiger partial charge < -0.3 is 0 Å². The molecule has 0 aromatic carbocycles. The third-order valence-electron chi connectivity index (χ3n) is 0.947. The molecule has 0 saturated carbocycles. The second-order valence-corrected chi connectivity index (χ2v) is 3.06. The number of aliphatic imine (C=N–C) groups is 2. The summed E-state index contributed by atoms with van der Waals surface area (Å²) in [6, 6.07) is 0. The first-order chi connectivity index (χ1) is 3.89. The van der Waals surface area contributed by atoms with Crippen LogP contribution in [0.1, 0.15) is 6.42 Å². The van der Waals surface area contributed by atoms with E-state index in [1.54, 1.807) is 6.34 Å². The summed E-state index contributed by atoms with van der Waals surface area (Å²) >= 11 is 1.10. The summed E-state index contributed by atoms with van der Waals surface area (Å²) in [5, 5.41) is 0. The molecule has 1 rings (SSSR count). The maximum atomic E-state index is 3.90. The van der Waals surface area contributed by atoms with Crippen molar-refractivity contribution >= 4 is 40.5 Å². The molecule has 0 aromatic rings. The monoisotopic (exact) mass is 116 g/mol. The fourth-order valence-electron chi connectivity index (χ4n) is 0.496. The van der Waals surface area contributed by atoms with Gasteiger partial charge in [0.15, 0.2) is 0 Å². The number of hydrogen-bond donors (Lipinski definition) is 0. The molecule has 2 nitrogen and oxygen atoms in total. The van der Waals surface area contributed by atoms with E-state index in [1.807, 2.05) is 12.4 Å². The van der Waals surface area contributed by atoms with Crippen molar-refractivity contribution in [1.29, 1.82) is 0 Å². The first kappa shape index (κ1) is 6.20. The number of nitrogens with zero attached hydrogens (tertiary/aromatic N) is 2. The second-order valence-electron chi connectivity index (χ2n) is 1.78. The van der Waals surface area contributed by atoms with E-state index in [1.165, 1.54) is 2.82 Å². The van der Waals surface area contributed by atoms with Gasteiger partial charge in [-0.25, -0.2) is 0 Å². The van der Waals surface area contributed by atoms with Crippen molar-refractivity contribution in [3.8, 4) is 0 Å². The van der Waals surface area contributed by atoms with Crippen molar-refractivity contribution in [3.63, 3.8) is 0 Å². The fourth-order valence-corrected chi connectivity index (χ4v) is 0.827. The van der Waals surface area contributed by atoms with Gasteiger partial charge in [-0.1, -0.05) is 0 Å². The van der Waals surface area contributed by atoms with Crippen LogP contribution in [-0.2, 0) is 0 Å². The molecule has 0 amide bonds. The quantitative estimate of drug-likeness (QED) is 0.412. The van der Waals surface area contributed by atoms with Gasteiger partial charge in [0.05, 0.1) is 0 Å². The average Bonchev–Trinajstić information content (AvgIpc) is 1.94. The maximum absolute atomic E-state index is 3.90. The Morgan fingerprint density at radius 1 is 1.50 bits per heavy atom. The Morgan fingerprint density at radius 2 is 2.38 bits per heavy atom. The molecule has 0 unspecified atom stereocenters. The minimum absolute atomic E-state index is 0.992. The Balaban J connectivity index is 2.69. The molecule has 0 aliphatic carbocycles. The number of allylic oxidation sites excluding steroid dienone is 1. The van der Waals surface area contributed by atoms with Gasteiger partial charge in [-0.05, 0) is 0 Å². The van der Waals surface area contributed by atoms with Crippen molar-refractivity contribution in [2.45, 2.75) is 6.42 Å². The standard InChI is InChI=1S/C5H5N2.Na/c1-2-4-7-5-6-3-1;/h3-5H,1H2;. The van der Waals surface area contributed by atoms with Gasteiger partial charge in [-0.3, -0.25) is 0 Å². The number of rotatable bonds is 0. The summed E-state index contributed by atoms with van der Waals surface area (Å²) in [5.74, 6) is 0. The van der Waals surface area contributed by atoms with Crippen LogP contribution in [-0.4, -0.2) is 40.5 Å². The molecule has 1 heterocycles. The van der Waals surface area contributed by atoms with Crippen LogP contribution >= 0.6 is 0 Å². The molecule has 0 aromatic heterocycles. The summed E-state index contributed by atoms with van der Waals surface area (Å²) in [4.78, 5) is 7.78. The van der Waals surface area contributed by atoms with E-state index >= 15 is 0 Å². The molecule has 0 fully saturated rings. The van der Waals surface area contributed by atoms with E-state index in [2.05, 4.69) is 9.98 Å². The molecule has 0 saturated heterocycles. The van der Waals surface area contributed by atoms with Gasteiger partial charge in [0.25, 0.3) is 0 Å². The van der Waals surface area contributed by atoms with Crippen LogP contribution in [0.3, 0.4) is 0 Å². The molecule has 0 atom stereocenters. The Morgan fingerprint density at radius 3 is 3.25 bits per heavy atom. The molecule has 0 spiro atoms. The zero-order valence-electron chi connectivity index (χ0n) is 4.83. The van der Waals surface area contributed by atoms with Crippen LogP contribution in [0, 0.1) is 0 Å². The van der Waals surface area contributed by atoms with Crippen molar-refractivity contribution in [3.05, 3.63) is 9.02 Å². The van der Waals surface area contributed by atoms with Crippen molar-refractivity contribution in [2.75, 3.05) is 0 Å². The Labute approximate surface area is 65.8 Å². The van der Waals surface area contributed by atoms with E-state index in [0.717, 1.165) is 34.4 Å². The summed E-state index contributed by atoms with van der Waals surface area (Å²) < 4.78 is 1.39. The van der Waals surface area contributed by atoms with Crippen LogP contribution in [0.15, 0.2) is 19.0 Å². The van der Waals surface area contributed by atoms with Gasteiger partial charge >= 0.3 is 65.9 Å².